The van der Waals surface area contributed by atoms with E-state index in [1.54, 1.807) is 21.2 Å². The van der Waals surface area contributed by atoms with Gasteiger partial charge in [0.15, 0.2) is 11.6 Å². The molecule has 4 heterocycles. The lowest BCUT2D eigenvalue weighted by atomic mass is 10.2. The first kappa shape index (κ1) is 26.8. The van der Waals surface area contributed by atoms with E-state index >= 15 is 0 Å². The number of hydrogen-bond acceptors (Lipinski definition) is 10. The summed E-state index contributed by atoms with van der Waals surface area (Å²) in [5.74, 6) is 1.89. The van der Waals surface area contributed by atoms with E-state index in [0.717, 1.165) is 22.9 Å². The lowest BCUT2D eigenvalue weighted by Crippen LogP contribution is -2.05. The predicted molar refractivity (Wildman–Crippen MR) is 161 cm³/mol. The first-order valence-corrected chi connectivity index (χ1v) is 15.2. The SMILES string of the molecule is Clc1cc(OCc2nnc3sc(Cc4ccccc4)nn23)c(Cl)cc1OCc1nnc2sc(Cc3ccccc3)nn12. The molecule has 4 aromatic heterocycles. The summed E-state index contributed by atoms with van der Waals surface area (Å²) >= 11 is 16.0. The van der Waals surface area contributed by atoms with Gasteiger partial charge in [0.25, 0.3) is 0 Å². The molecule has 0 fully saturated rings. The van der Waals surface area contributed by atoms with Gasteiger partial charge in [-0.3, -0.25) is 0 Å². The van der Waals surface area contributed by atoms with Gasteiger partial charge in [0.2, 0.25) is 9.92 Å². The van der Waals surface area contributed by atoms with Crippen molar-refractivity contribution in [2.75, 3.05) is 0 Å². The van der Waals surface area contributed by atoms with Crippen molar-refractivity contribution in [3.8, 4) is 11.5 Å². The van der Waals surface area contributed by atoms with Gasteiger partial charge in [-0.05, 0) is 11.1 Å². The van der Waals surface area contributed by atoms with Crippen molar-refractivity contribution in [2.45, 2.75) is 26.1 Å². The van der Waals surface area contributed by atoms with Gasteiger partial charge in [-0.25, -0.2) is 0 Å². The zero-order valence-electron chi connectivity index (χ0n) is 21.7. The fourth-order valence-corrected chi connectivity index (χ4v) is 6.46. The molecule has 7 rings (SSSR count). The topological polar surface area (TPSA) is 105 Å². The summed E-state index contributed by atoms with van der Waals surface area (Å²) in [6.45, 7) is 0.220. The van der Waals surface area contributed by atoms with Crippen LogP contribution >= 0.6 is 45.9 Å². The van der Waals surface area contributed by atoms with Crippen molar-refractivity contribution < 1.29 is 9.47 Å². The summed E-state index contributed by atoms with van der Waals surface area (Å²) in [4.78, 5) is 1.39. The third-order valence-corrected chi connectivity index (χ3v) is 8.68. The Morgan fingerprint density at radius 2 is 1.02 bits per heavy atom. The Morgan fingerprint density at radius 3 is 1.45 bits per heavy atom. The molecule has 0 aliphatic rings. The first-order valence-electron chi connectivity index (χ1n) is 12.8. The average Bonchev–Trinajstić information content (AvgIpc) is 3.76. The Labute approximate surface area is 257 Å². The third kappa shape index (κ3) is 5.66. The lowest BCUT2D eigenvalue weighted by molar-refractivity contribution is 0.284. The molecule has 210 valence electrons. The first-order chi connectivity index (χ1) is 20.6. The quantitative estimate of drug-likeness (QED) is 0.172. The van der Waals surface area contributed by atoms with Crippen molar-refractivity contribution in [1.82, 2.24) is 39.6 Å². The highest BCUT2D eigenvalue weighted by Gasteiger charge is 2.17. The molecule has 0 aliphatic carbocycles. The molecule has 0 bridgehead atoms. The van der Waals surface area contributed by atoms with Crippen LogP contribution in [0.1, 0.15) is 32.8 Å². The van der Waals surface area contributed by atoms with E-state index < -0.39 is 0 Å². The molecule has 0 aliphatic heterocycles. The van der Waals surface area contributed by atoms with Gasteiger partial charge in [0.1, 0.15) is 34.7 Å². The van der Waals surface area contributed by atoms with E-state index in [-0.39, 0.29) is 13.2 Å². The molecule has 0 saturated heterocycles. The molecule has 0 atom stereocenters. The molecule has 0 spiro atoms. The van der Waals surface area contributed by atoms with Gasteiger partial charge in [-0.1, -0.05) is 107 Å². The maximum Gasteiger partial charge on any atom is 0.234 e. The van der Waals surface area contributed by atoms with Crippen LogP contribution in [-0.2, 0) is 26.1 Å². The summed E-state index contributed by atoms with van der Waals surface area (Å²) in [5, 5.41) is 28.8. The van der Waals surface area contributed by atoms with E-state index in [2.05, 4.69) is 54.9 Å². The maximum absolute atomic E-state index is 6.53. The Morgan fingerprint density at radius 1 is 0.595 bits per heavy atom. The summed E-state index contributed by atoms with van der Waals surface area (Å²) in [5.41, 5.74) is 2.36. The minimum absolute atomic E-state index is 0.110. The smallest absolute Gasteiger partial charge is 0.234 e. The minimum Gasteiger partial charge on any atom is -0.484 e. The maximum atomic E-state index is 6.53. The Kier molecular flexibility index (Phi) is 7.43. The van der Waals surface area contributed by atoms with Gasteiger partial charge in [0, 0.05) is 25.0 Å². The fraction of sp³-hybridized carbons (Fsp3) is 0.143. The van der Waals surface area contributed by atoms with E-state index in [0.29, 0.717) is 43.1 Å². The van der Waals surface area contributed by atoms with E-state index in [9.17, 15) is 0 Å². The van der Waals surface area contributed by atoms with Crippen LogP contribution in [0.5, 0.6) is 11.5 Å². The summed E-state index contributed by atoms with van der Waals surface area (Å²) in [6.07, 6.45) is 1.44. The molecular formula is C28H20Cl2N8O2S2. The molecule has 14 heteroatoms. The number of fused-ring (bicyclic) bond motifs is 2. The summed E-state index contributed by atoms with van der Waals surface area (Å²) in [7, 11) is 0. The zero-order chi connectivity index (χ0) is 28.5. The van der Waals surface area contributed by atoms with E-state index in [1.807, 2.05) is 36.4 Å². The van der Waals surface area contributed by atoms with Crippen LogP contribution in [0.2, 0.25) is 10.0 Å². The molecule has 10 nitrogen and oxygen atoms in total. The van der Waals surface area contributed by atoms with Crippen LogP contribution in [0, 0.1) is 0 Å². The highest BCUT2D eigenvalue weighted by Crippen LogP contribution is 2.36. The largest absolute Gasteiger partial charge is 0.484 e. The van der Waals surface area contributed by atoms with Crippen molar-refractivity contribution in [3.63, 3.8) is 0 Å². The second-order valence-corrected chi connectivity index (χ2v) is 12.1. The van der Waals surface area contributed by atoms with Crippen LogP contribution in [0.3, 0.4) is 0 Å². The van der Waals surface area contributed by atoms with Gasteiger partial charge < -0.3 is 9.47 Å². The molecule has 42 heavy (non-hydrogen) atoms. The van der Waals surface area contributed by atoms with Crippen LogP contribution < -0.4 is 9.47 Å². The molecule has 0 saturated carbocycles. The van der Waals surface area contributed by atoms with Crippen LogP contribution in [0.15, 0.2) is 72.8 Å². The van der Waals surface area contributed by atoms with Crippen molar-refractivity contribution in [2.24, 2.45) is 0 Å². The summed E-state index contributed by atoms with van der Waals surface area (Å²) in [6, 6.07) is 23.5. The van der Waals surface area contributed by atoms with Gasteiger partial charge in [-0.15, -0.1) is 20.4 Å². The molecule has 0 unspecified atom stereocenters. The van der Waals surface area contributed by atoms with Crippen LogP contribution in [0.25, 0.3) is 9.92 Å². The van der Waals surface area contributed by atoms with Gasteiger partial charge >= 0.3 is 0 Å². The highest BCUT2D eigenvalue weighted by molar-refractivity contribution is 7.17. The zero-order valence-corrected chi connectivity index (χ0v) is 24.9. The Bertz CT molecular complexity index is 1850. The average molecular weight is 636 g/mol. The number of ether oxygens (including phenoxy) is 2. The second kappa shape index (κ2) is 11.6. The normalized spacial score (nSPS) is 11.5. The van der Waals surface area contributed by atoms with Crippen LogP contribution in [0.4, 0.5) is 0 Å². The number of rotatable bonds is 10. The number of benzene rings is 3. The van der Waals surface area contributed by atoms with E-state index in [1.165, 1.54) is 33.8 Å². The molecule has 3 aromatic carbocycles. The number of nitrogens with zero attached hydrogens (tertiary/aromatic N) is 8. The van der Waals surface area contributed by atoms with Gasteiger partial charge in [0.05, 0.1) is 10.0 Å². The van der Waals surface area contributed by atoms with Crippen molar-refractivity contribution in [1.29, 1.82) is 0 Å². The van der Waals surface area contributed by atoms with Crippen molar-refractivity contribution in [3.05, 3.63) is 116 Å². The number of halogens is 2. The standard InChI is InChI=1S/C28H20Cl2N8O2S2/c29-19-14-22(40-16-24-32-34-28-38(24)36-26(42-28)12-18-9-5-2-6-10-18)20(30)13-21(19)39-15-23-31-33-27-37(23)35-25(41-27)11-17-7-3-1-4-8-17/h1-10,13-14H,11-12,15-16H2. The predicted octanol–water partition coefficient (Wildman–Crippen LogP) is 6.33. The second-order valence-electron chi connectivity index (χ2n) is 9.23. The Hall–Kier alpha value is -4.10. The third-order valence-electron chi connectivity index (χ3n) is 6.29. The van der Waals surface area contributed by atoms with Crippen LogP contribution in [-0.4, -0.2) is 39.6 Å². The molecule has 0 N–H and O–H groups in total. The highest BCUT2D eigenvalue weighted by atomic mass is 35.5. The molecule has 0 radical (unpaired) electrons. The Balaban J connectivity index is 1.01. The number of aromatic nitrogens is 8. The number of hydrogen-bond donors (Lipinski definition) is 0. The molecule has 0 amide bonds. The van der Waals surface area contributed by atoms with Gasteiger partial charge in [-0.2, -0.15) is 19.2 Å². The molecular weight excluding hydrogens is 615 g/mol. The fourth-order valence-electron chi connectivity index (χ4n) is 4.27. The minimum atomic E-state index is 0.110. The monoisotopic (exact) mass is 634 g/mol. The molecule has 7 aromatic rings. The van der Waals surface area contributed by atoms with Crippen molar-refractivity contribution >= 4 is 55.8 Å². The lowest BCUT2D eigenvalue weighted by Gasteiger charge is -2.11. The summed E-state index contributed by atoms with van der Waals surface area (Å²) < 4.78 is 15.3. The van der Waals surface area contributed by atoms with E-state index in [4.69, 9.17) is 32.7 Å².